The Morgan fingerprint density at radius 3 is 2.00 bits per heavy atom. The fourth-order valence-corrected chi connectivity index (χ4v) is 3.18. The minimum atomic E-state index is -4.68. The molecule has 2 rings (SSSR count). The van der Waals surface area contributed by atoms with E-state index in [9.17, 15) is 30.4 Å². The molecular formula is C15H13F5N2O2S. The predicted molar refractivity (Wildman–Crippen MR) is 82.9 cm³/mol. The Hall–Kier alpha value is -2.36. The number of sulfonamides is 1. The first kappa shape index (κ1) is 19.0. The molecule has 0 amide bonds. The maximum atomic E-state index is 13.2. The van der Waals surface area contributed by atoms with E-state index in [1.165, 1.54) is 19.0 Å². The van der Waals surface area contributed by atoms with Crippen LogP contribution in [0.15, 0.2) is 41.3 Å². The highest BCUT2D eigenvalue weighted by atomic mass is 32.2. The van der Waals surface area contributed by atoms with Crippen molar-refractivity contribution in [3.8, 4) is 0 Å². The van der Waals surface area contributed by atoms with Gasteiger partial charge in [0.15, 0.2) is 0 Å². The molecule has 4 nitrogen and oxygen atoms in total. The summed E-state index contributed by atoms with van der Waals surface area (Å²) in [5.74, 6) is -2.26. The van der Waals surface area contributed by atoms with E-state index < -0.39 is 38.3 Å². The zero-order chi connectivity index (χ0) is 19.0. The van der Waals surface area contributed by atoms with Crippen molar-refractivity contribution in [2.45, 2.75) is 11.1 Å². The van der Waals surface area contributed by atoms with Gasteiger partial charge >= 0.3 is 6.18 Å². The summed E-state index contributed by atoms with van der Waals surface area (Å²) >= 11 is 0. The molecule has 10 heteroatoms. The van der Waals surface area contributed by atoms with Gasteiger partial charge in [-0.3, -0.25) is 4.72 Å². The van der Waals surface area contributed by atoms with Gasteiger partial charge in [-0.15, -0.1) is 0 Å². The second-order valence-electron chi connectivity index (χ2n) is 5.33. The summed E-state index contributed by atoms with van der Waals surface area (Å²) in [6.45, 7) is 0. The van der Waals surface area contributed by atoms with E-state index >= 15 is 0 Å². The molecule has 0 aromatic heterocycles. The van der Waals surface area contributed by atoms with Gasteiger partial charge in [0.25, 0.3) is 10.0 Å². The van der Waals surface area contributed by atoms with E-state index in [0.717, 1.165) is 12.1 Å². The van der Waals surface area contributed by atoms with Crippen LogP contribution in [0, 0.1) is 11.6 Å². The molecule has 0 aliphatic carbocycles. The fourth-order valence-electron chi connectivity index (χ4n) is 2.07. The normalized spacial score (nSPS) is 12.1. The summed E-state index contributed by atoms with van der Waals surface area (Å²) in [6, 6.07) is 4.11. The van der Waals surface area contributed by atoms with Crippen LogP contribution in [0.4, 0.5) is 33.3 Å². The van der Waals surface area contributed by atoms with Gasteiger partial charge in [-0.05, 0) is 30.3 Å². The number of benzene rings is 2. The molecule has 0 saturated carbocycles. The molecule has 25 heavy (non-hydrogen) atoms. The van der Waals surface area contributed by atoms with Crippen LogP contribution >= 0.6 is 0 Å². The van der Waals surface area contributed by atoms with Gasteiger partial charge in [-0.1, -0.05) is 0 Å². The van der Waals surface area contributed by atoms with Crippen molar-refractivity contribution in [2.24, 2.45) is 0 Å². The molecule has 0 bridgehead atoms. The SMILES string of the molecule is CN(C)c1ccc(C(F)(F)F)cc1NS(=O)(=O)c1cc(F)cc(F)c1. The molecule has 2 aromatic rings. The number of hydrogen-bond donors (Lipinski definition) is 1. The zero-order valence-corrected chi connectivity index (χ0v) is 13.8. The van der Waals surface area contributed by atoms with Gasteiger partial charge in [-0.2, -0.15) is 13.2 Å². The molecule has 2 aromatic carbocycles. The number of alkyl halides is 3. The van der Waals surface area contributed by atoms with Crippen molar-refractivity contribution in [3.05, 3.63) is 53.6 Å². The van der Waals surface area contributed by atoms with Crippen molar-refractivity contribution >= 4 is 21.4 Å². The second-order valence-corrected chi connectivity index (χ2v) is 7.02. The Balaban J connectivity index is 2.53. The number of hydrogen-bond acceptors (Lipinski definition) is 3. The Morgan fingerprint density at radius 1 is 0.960 bits per heavy atom. The van der Waals surface area contributed by atoms with E-state index in [2.05, 4.69) is 0 Å². The summed E-state index contributed by atoms with van der Waals surface area (Å²) in [4.78, 5) is 0.650. The van der Waals surface area contributed by atoms with E-state index in [1.54, 1.807) is 0 Å². The fraction of sp³-hybridized carbons (Fsp3) is 0.200. The Morgan fingerprint density at radius 2 is 1.52 bits per heavy atom. The van der Waals surface area contributed by atoms with Crippen molar-refractivity contribution in [3.63, 3.8) is 0 Å². The predicted octanol–water partition coefficient (Wildman–Crippen LogP) is 3.85. The van der Waals surface area contributed by atoms with E-state index in [0.29, 0.717) is 24.3 Å². The quantitative estimate of drug-likeness (QED) is 0.820. The first-order valence-electron chi connectivity index (χ1n) is 6.77. The average molecular weight is 380 g/mol. The lowest BCUT2D eigenvalue weighted by Gasteiger charge is -2.20. The van der Waals surface area contributed by atoms with Crippen molar-refractivity contribution in [2.75, 3.05) is 23.7 Å². The van der Waals surface area contributed by atoms with Crippen LogP contribution in [0.1, 0.15) is 5.56 Å². The van der Waals surface area contributed by atoms with Gasteiger partial charge in [0.2, 0.25) is 0 Å². The Kier molecular flexibility index (Phi) is 4.94. The maximum absolute atomic E-state index is 13.2. The number of rotatable bonds is 4. The highest BCUT2D eigenvalue weighted by molar-refractivity contribution is 7.92. The molecule has 0 radical (unpaired) electrons. The first-order chi connectivity index (χ1) is 11.4. The smallest absolute Gasteiger partial charge is 0.376 e. The minimum absolute atomic E-state index is 0.147. The van der Waals surface area contributed by atoms with Crippen LogP contribution in [-0.2, 0) is 16.2 Å². The van der Waals surface area contributed by atoms with Crippen LogP contribution in [0.2, 0.25) is 0 Å². The van der Waals surface area contributed by atoms with Crippen LogP contribution in [-0.4, -0.2) is 22.5 Å². The molecule has 0 fully saturated rings. The van der Waals surface area contributed by atoms with E-state index in [4.69, 9.17) is 0 Å². The van der Waals surface area contributed by atoms with Gasteiger partial charge < -0.3 is 4.90 Å². The summed E-state index contributed by atoms with van der Waals surface area (Å²) in [5.41, 5.74) is -1.29. The van der Waals surface area contributed by atoms with E-state index in [1.807, 2.05) is 4.72 Å². The number of halogens is 5. The standard InChI is InChI=1S/C15H13F5N2O2S/c1-22(2)14-4-3-9(15(18,19)20)5-13(14)21-25(23,24)12-7-10(16)6-11(17)8-12/h3-8,21H,1-2H3. The summed E-state index contributed by atoms with van der Waals surface area (Å²) in [5, 5.41) is 0. The van der Waals surface area contributed by atoms with Gasteiger partial charge in [0.1, 0.15) is 11.6 Å². The van der Waals surface area contributed by atoms with Crippen molar-refractivity contribution < 1.29 is 30.4 Å². The Bertz CT molecular complexity index is 875. The molecule has 0 atom stereocenters. The molecular weight excluding hydrogens is 367 g/mol. The van der Waals surface area contributed by atoms with Gasteiger partial charge in [-0.25, -0.2) is 17.2 Å². The van der Waals surface area contributed by atoms with E-state index in [-0.39, 0.29) is 11.4 Å². The lowest BCUT2D eigenvalue weighted by Crippen LogP contribution is -2.18. The van der Waals surface area contributed by atoms with Gasteiger partial charge in [0.05, 0.1) is 21.8 Å². The first-order valence-corrected chi connectivity index (χ1v) is 8.26. The Labute approximate surface area is 140 Å². The summed E-state index contributed by atoms with van der Waals surface area (Å²) < 4.78 is 91.6. The number of nitrogens with one attached hydrogen (secondary N) is 1. The largest absolute Gasteiger partial charge is 0.416 e. The summed E-state index contributed by atoms with van der Waals surface area (Å²) in [7, 11) is -1.50. The highest BCUT2D eigenvalue weighted by Gasteiger charge is 2.32. The highest BCUT2D eigenvalue weighted by Crippen LogP contribution is 2.35. The summed E-state index contributed by atoms with van der Waals surface area (Å²) in [6.07, 6.45) is -4.68. The van der Waals surface area contributed by atoms with Crippen LogP contribution < -0.4 is 9.62 Å². The molecule has 0 saturated heterocycles. The number of nitrogens with zero attached hydrogens (tertiary/aromatic N) is 1. The molecule has 0 heterocycles. The zero-order valence-electron chi connectivity index (χ0n) is 13.0. The monoisotopic (exact) mass is 380 g/mol. The average Bonchev–Trinajstić information content (AvgIpc) is 2.44. The third-order valence-electron chi connectivity index (χ3n) is 3.20. The maximum Gasteiger partial charge on any atom is 0.416 e. The van der Waals surface area contributed by atoms with Crippen molar-refractivity contribution in [1.29, 1.82) is 0 Å². The molecule has 1 N–H and O–H groups in total. The van der Waals surface area contributed by atoms with Crippen molar-refractivity contribution in [1.82, 2.24) is 0 Å². The van der Waals surface area contributed by atoms with Crippen LogP contribution in [0.3, 0.4) is 0 Å². The van der Waals surface area contributed by atoms with Gasteiger partial charge in [0, 0.05) is 20.2 Å². The molecule has 0 aliphatic rings. The molecule has 0 spiro atoms. The molecule has 136 valence electrons. The second kappa shape index (κ2) is 6.51. The van der Waals surface area contributed by atoms with Crippen LogP contribution in [0.25, 0.3) is 0 Å². The minimum Gasteiger partial charge on any atom is -0.376 e. The molecule has 0 unspecified atom stereocenters. The lowest BCUT2D eigenvalue weighted by atomic mass is 10.1. The lowest BCUT2D eigenvalue weighted by molar-refractivity contribution is -0.137. The third kappa shape index (κ3) is 4.38. The molecule has 0 aliphatic heterocycles. The van der Waals surface area contributed by atoms with Crippen LogP contribution in [0.5, 0.6) is 0 Å². The third-order valence-corrected chi connectivity index (χ3v) is 4.54. The number of anilines is 2. The topological polar surface area (TPSA) is 49.4 Å².